The van der Waals surface area contributed by atoms with Crippen LogP contribution in [-0.2, 0) is 32.6 Å². The average molecular weight is 328 g/mol. The first-order chi connectivity index (χ1) is 10.2. The third kappa shape index (κ3) is 13.4. The minimum Gasteiger partial charge on any atom is -0.382 e. The smallest absolute Gasteiger partial charge is 0.332 e. The lowest BCUT2D eigenvalue weighted by Gasteiger charge is -2.16. The van der Waals surface area contributed by atoms with E-state index in [1.165, 1.54) is 0 Å². The molecule has 0 amide bonds. The third-order valence-corrected chi connectivity index (χ3v) is 4.37. The summed E-state index contributed by atoms with van der Waals surface area (Å²) in [5.74, 6) is 0. The lowest BCUT2D eigenvalue weighted by Crippen LogP contribution is -2.13. The Kier molecular flexibility index (Phi) is 14.9. The average Bonchev–Trinajstić information content (AvgIpc) is 2.45. The van der Waals surface area contributed by atoms with E-state index in [1.807, 2.05) is 0 Å². The second-order valence-electron chi connectivity index (χ2n) is 4.00. The largest absolute Gasteiger partial charge is 0.382 e. The molecule has 0 aliphatic heterocycles. The molecule has 0 heterocycles. The summed E-state index contributed by atoms with van der Waals surface area (Å²) in [6, 6.07) is 0. The molecule has 0 rings (SSSR count). The van der Waals surface area contributed by atoms with Gasteiger partial charge in [-0.1, -0.05) is 0 Å². The van der Waals surface area contributed by atoms with E-state index < -0.39 is 7.60 Å². The van der Waals surface area contributed by atoms with E-state index in [2.05, 4.69) is 0 Å². The zero-order valence-corrected chi connectivity index (χ0v) is 14.3. The molecule has 0 aliphatic carbocycles. The summed E-state index contributed by atoms with van der Waals surface area (Å²) in [5, 5.41) is 0. The number of methoxy groups -OCH3 is 1. The zero-order valence-electron chi connectivity index (χ0n) is 13.4. The molecule has 0 saturated carbocycles. The van der Waals surface area contributed by atoms with Crippen molar-refractivity contribution in [2.45, 2.75) is 13.8 Å². The van der Waals surface area contributed by atoms with E-state index in [1.54, 1.807) is 21.0 Å². The monoisotopic (exact) mass is 328 g/mol. The molecule has 0 aromatic heterocycles. The summed E-state index contributed by atoms with van der Waals surface area (Å²) in [7, 11) is -1.36. The lowest BCUT2D eigenvalue weighted by molar-refractivity contribution is 0.00512. The van der Waals surface area contributed by atoms with Crippen molar-refractivity contribution < 1.29 is 32.6 Å². The fraction of sp³-hybridized carbons (Fsp3) is 1.00. The van der Waals surface area contributed by atoms with Crippen LogP contribution in [-0.4, -0.2) is 72.7 Å². The highest BCUT2D eigenvalue weighted by Gasteiger charge is 2.22. The third-order valence-electron chi connectivity index (χ3n) is 2.34. The summed E-state index contributed by atoms with van der Waals surface area (Å²) in [6.45, 7) is 7.75. The normalized spacial score (nSPS) is 12.0. The van der Waals surface area contributed by atoms with Gasteiger partial charge in [0.2, 0.25) is 0 Å². The maximum Gasteiger partial charge on any atom is 0.332 e. The lowest BCUT2D eigenvalue weighted by atomic mass is 10.7. The molecule has 0 aromatic rings. The quantitative estimate of drug-likeness (QED) is 0.317. The van der Waals surface area contributed by atoms with Crippen LogP contribution in [0.5, 0.6) is 0 Å². The van der Waals surface area contributed by atoms with Gasteiger partial charge in [0.05, 0.1) is 65.6 Å². The topological polar surface area (TPSA) is 72.5 Å². The van der Waals surface area contributed by atoms with Crippen molar-refractivity contribution in [3.8, 4) is 0 Å². The molecule has 0 bridgehead atoms. The van der Waals surface area contributed by atoms with Gasteiger partial charge < -0.3 is 28.0 Å². The highest BCUT2D eigenvalue weighted by Crippen LogP contribution is 2.47. The van der Waals surface area contributed by atoms with Gasteiger partial charge in [-0.25, -0.2) is 0 Å². The SMILES string of the molecule is CCOP(=O)(CCOCCOCCOCCOC)OCC. The molecule has 0 spiro atoms. The number of ether oxygens (including phenoxy) is 4. The van der Waals surface area contributed by atoms with Crippen molar-refractivity contribution in [1.82, 2.24) is 0 Å². The van der Waals surface area contributed by atoms with Crippen LogP contribution in [0.25, 0.3) is 0 Å². The van der Waals surface area contributed by atoms with Crippen molar-refractivity contribution in [2.75, 3.05) is 72.7 Å². The van der Waals surface area contributed by atoms with Crippen molar-refractivity contribution in [3.05, 3.63) is 0 Å². The molecule has 0 fully saturated rings. The molecule has 0 aliphatic rings. The Morgan fingerprint density at radius 2 is 1.14 bits per heavy atom. The van der Waals surface area contributed by atoms with Crippen molar-refractivity contribution in [3.63, 3.8) is 0 Å². The molecule has 0 N–H and O–H groups in total. The van der Waals surface area contributed by atoms with Crippen LogP contribution >= 0.6 is 7.60 Å². The minimum atomic E-state index is -2.99. The van der Waals surface area contributed by atoms with Crippen molar-refractivity contribution in [2.24, 2.45) is 0 Å². The Bertz CT molecular complexity index is 253. The predicted octanol–water partition coefficient (Wildman–Crippen LogP) is 1.95. The molecule has 128 valence electrons. The van der Waals surface area contributed by atoms with Gasteiger partial charge in [0.25, 0.3) is 0 Å². The van der Waals surface area contributed by atoms with Crippen LogP contribution in [0, 0.1) is 0 Å². The van der Waals surface area contributed by atoms with E-state index >= 15 is 0 Å². The van der Waals surface area contributed by atoms with Gasteiger partial charge in [-0.3, -0.25) is 4.57 Å². The fourth-order valence-corrected chi connectivity index (χ4v) is 2.89. The fourth-order valence-electron chi connectivity index (χ4n) is 1.42. The van der Waals surface area contributed by atoms with E-state index in [0.29, 0.717) is 59.5 Å². The molecule has 0 radical (unpaired) electrons. The Morgan fingerprint density at radius 1 is 0.714 bits per heavy atom. The summed E-state index contributed by atoms with van der Waals surface area (Å²) >= 11 is 0. The molecule has 7 nitrogen and oxygen atoms in total. The summed E-state index contributed by atoms with van der Waals surface area (Å²) in [6.07, 6.45) is 0.259. The Morgan fingerprint density at radius 3 is 1.57 bits per heavy atom. The van der Waals surface area contributed by atoms with Crippen LogP contribution in [0.1, 0.15) is 13.8 Å². The Hall–Kier alpha value is -0.0100. The van der Waals surface area contributed by atoms with Crippen molar-refractivity contribution >= 4 is 7.60 Å². The molecule has 0 atom stereocenters. The maximum atomic E-state index is 12.1. The molecule has 21 heavy (non-hydrogen) atoms. The molecular formula is C13H29O7P. The minimum absolute atomic E-state index is 0.259. The first-order valence-corrected chi connectivity index (χ1v) is 9.01. The van der Waals surface area contributed by atoms with Crippen LogP contribution in [0.3, 0.4) is 0 Å². The predicted molar refractivity (Wildman–Crippen MR) is 80.1 cm³/mol. The van der Waals surface area contributed by atoms with E-state index in [4.69, 9.17) is 28.0 Å². The molecular weight excluding hydrogens is 299 g/mol. The van der Waals surface area contributed by atoms with Gasteiger partial charge in [0.1, 0.15) is 0 Å². The van der Waals surface area contributed by atoms with Gasteiger partial charge in [0.15, 0.2) is 0 Å². The summed E-state index contributed by atoms with van der Waals surface area (Å²) < 4.78 is 43.2. The van der Waals surface area contributed by atoms with Crippen LogP contribution in [0.15, 0.2) is 0 Å². The van der Waals surface area contributed by atoms with Crippen LogP contribution in [0.4, 0.5) is 0 Å². The number of rotatable bonds is 16. The standard InChI is InChI=1S/C13H29O7P/c1-4-19-21(14,20-5-2)13-12-18-11-10-17-9-8-16-7-6-15-3/h4-13H2,1-3H3. The molecule has 8 heteroatoms. The van der Waals surface area contributed by atoms with E-state index in [9.17, 15) is 4.57 Å². The maximum absolute atomic E-state index is 12.1. The van der Waals surface area contributed by atoms with Crippen LogP contribution in [0.2, 0.25) is 0 Å². The first kappa shape index (κ1) is 21.0. The van der Waals surface area contributed by atoms with Gasteiger partial charge in [-0.05, 0) is 13.8 Å². The molecule has 0 saturated heterocycles. The second-order valence-corrected chi connectivity index (χ2v) is 6.19. The highest BCUT2D eigenvalue weighted by molar-refractivity contribution is 7.53. The number of hydrogen-bond donors (Lipinski definition) is 0. The van der Waals surface area contributed by atoms with Gasteiger partial charge in [-0.15, -0.1) is 0 Å². The van der Waals surface area contributed by atoms with E-state index in [0.717, 1.165) is 0 Å². The Labute approximate surface area is 127 Å². The summed E-state index contributed by atoms with van der Waals surface area (Å²) in [5.41, 5.74) is 0. The van der Waals surface area contributed by atoms with Gasteiger partial charge in [0, 0.05) is 7.11 Å². The summed E-state index contributed by atoms with van der Waals surface area (Å²) in [4.78, 5) is 0. The van der Waals surface area contributed by atoms with Gasteiger partial charge in [-0.2, -0.15) is 0 Å². The van der Waals surface area contributed by atoms with Crippen LogP contribution < -0.4 is 0 Å². The van der Waals surface area contributed by atoms with E-state index in [-0.39, 0.29) is 6.16 Å². The molecule has 0 aromatic carbocycles. The zero-order chi connectivity index (χ0) is 15.8. The van der Waals surface area contributed by atoms with Crippen molar-refractivity contribution in [1.29, 1.82) is 0 Å². The second kappa shape index (κ2) is 14.9. The Balaban J connectivity index is 3.40. The van der Waals surface area contributed by atoms with Gasteiger partial charge >= 0.3 is 7.60 Å². The highest BCUT2D eigenvalue weighted by atomic mass is 31.2. The first-order valence-electron chi connectivity index (χ1n) is 7.28. The number of hydrogen-bond acceptors (Lipinski definition) is 7. The molecule has 0 unspecified atom stereocenters.